The van der Waals surface area contributed by atoms with E-state index >= 15 is 0 Å². The molecule has 0 aromatic heterocycles. The highest BCUT2D eigenvalue weighted by atomic mass is 19.1. The highest BCUT2D eigenvalue weighted by molar-refractivity contribution is 6.03. The quantitative estimate of drug-likeness (QED) is 0.0413. The number of halogens is 1. The Labute approximate surface area is 180 Å². The number of nitrogens with one attached hydrogen (secondary N) is 4. The van der Waals surface area contributed by atoms with E-state index in [1.54, 1.807) is 0 Å². The van der Waals surface area contributed by atoms with E-state index in [1.807, 2.05) is 6.92 Å². The van der Waals surface area contributed by atoms with E-state index < -0.39 is 18.0 Å². The van der Waals surface area contributed by atoms with Gasteiger partial charge in [0.25, 0.3) is 18.0 Å². The molecule has 10 heteroatoms. The summed E-state index contributed by atoms with van der Waals surface area (Å²) in [6.45, 7) is 5.23. The van der Waals surface area contributed by atoms with Crippen molar-refractivity contribution in [2.75, 3.05) is 32.7 Å². The lowest BCUT2D eigenvalue weighted by Crippen LogP contribution is -2.43. The van der Waals surface area contributed by atoms with Crippen LogP contribution in [-0.2, 0) is 9.59 Å². The Morgan fingerprint density at radius 2 is 1.37 bits per heavy atom. The summed E-state index contributed by atoms with van der Waals surface area (Å²) in [5.41, 5.74) is 5.66. The van der Waals surface area contributed by atoms with E-state index in [0.29, 0.717) is 13.1 Å². The van der Waals surface area contributed by atoms with E-state index in [1.165, 1.54) is 6.34 Å². The lowest BCUT2D eigenvalue weighted by atomic mass is 10.1. The molecule has 8 N–H and O–H groups in total. The highest BCUT2D eigenvalue weighted by Crippen LogP contribution is 2.04. The highest BCUT2D eigenvalue weighted by Gasteiger charge is 2.24. The average molecular weight is 432 g/mol. The number of hydrazone groups is 1. The first-order valence-electron chi connectivity index (χ1n) is 11.1. The molecule has 0 aromatic carbocycles. The number of rotatable bonds is 20. The first-order chi connectivity index (χ1) is 14.5. The van der Waals surface area contributed by atoms with Crippen LogP contribution >= 0.6 is 0 Å². The first-order valence-corrected chi connectivity index (χ1v) is 11.1. The van der Waals surface area contributed by atoms with Crippen molar-refractivity contribution in [1.29, 1.82) is 0 Å². The van der Waals surface area contributed by atoms with Crippen molar-refractivity contribution < 1.29 is 14.0 Å². The summed E-state index contributed by atoms with van der Waals surface area (Å²) in [5.74, 6) is 3.24. The molecule has 2 amide bonds. The fraction of sp³-hybridized carbons (Fsp3) is 0.850. The molecule has 0 heterocycles. The van der Waals surface area contributed by atoms with Crippen LogP contribution in [0.4, 0.5) is 4.39 Å². The molecule has 0 spiro atoms. The lowest BCUT2D eigenvalue weighted by Gasteiger charge is -2.11. The van der Waals surface area contributed by atoms with Gasteiger partial charge in [-0.2, -0.15) is 5.10 Å². The lowest BCUT2D eigenvalue weighted by molar-refractivity contribution is -0.136. The fourth-order valence-corrected chi connectivity index (χ4v) is 2.73. The van der Waals surface area contributed by atoms with Gasteiger partial charge in [-0.3, -0.25) is 9.59 Å². The second-order valence-corrected chi connectivity index (χ2v) is 7.52. The molecule has 0 aliphatic rings. The Hall–Kier alpha value is -1.94. The molecule has 0 aliphatic heterocycles. The molecule has 0 aromatic rings. The van der Waals surface area contributed by atoms with Gasteiger partial charge in [-0.05, 0) is 52.1 Å². The number of hydrogen-bond donors (Lipinski definition) is 6. The van der Waals surface area contributed by atoms with E-state index in [4.69, 9.17) is 11.6 Å². The normalized spacial score (nSPS) is 13.2. The predicted molar refractivity (Wildman–Crippen MR) is 120 cm³/mol. The smallest absolute Gasteiger partial charge is 0.264 e. The van der Waals surface area contributed by atoms with Gasteiger partial charge in [0.2, 0.25) is 0 Å². The summed E-state index contributed by atoms with van der Waals surface area (Å²) in [7, 11) is 0. The average Bonchev–Trinajstić information content (AvgIpc) is 2.72. The monoisotopic (exact) mass is 431 g/mol. The van der Waals surface area contributed by atoms with Crippen LogP contribution in [-0.4, -0.2) is 63.1 Å². The van der Waals surface area contributed by atoms with Crippen molar-refractivity contribution in [2.24, 2.45) is 16.7 Å². The Bertz CT molecular complexity index is 464. The van der Waals surface area contributed by atoms with Gasteiger partial charge in [-0.25, -0.2) is 4.39 Å². The summed E-state index contributed by atoms with van der Waals surface area (Å²) in [6.07, 6.45) is 7.86. The van der Waals surface area contributed by atoms with Crippen molar-refractivity contribution in [1.82, 2.24) is 21.3 Å². The Morgan fingerprint density at radius 1 is 0.867 bits per heavy atom. The molecule has 2 atom stereocenters. The number of carbonyl (C=O) groups excluding carboxylic acids is 2. The zero-order valence-electron chi connectivity index (χ0n) is 18.4. The number of nitrogens with zero attached hydrogens (tertiary/aromatic N) is 1. The minimum atomic E-state index is -2.15. The second-order valence-electron chi connectivity index (χ2n) is 7.52. The van der Waals surface area contributed by atoms with Crippen LogP contribution in [0.5, 0.6) is 0 Å². The van der Waals surface area contributed by atoms with Crippen LogP contribution in [0.2, 0.25) is 0 Å². The van der Waals surface area contributed by atoms with E-state index in [2.05, 4.69) is 26.4 Å². The Morgan fingerprint density at radius 3 is 1.93 bits per heavy atom. The second kappa shape index (κ2) is 20.3. The van der Waals surface area contributed by atoms with E-state index in [9.17, 15) is 14.0 Å². The molecule has 0 radical (unpaired) electrons. The molecule has 0 aliphatic carbocycles. The summed E-state index contributed by atoms with van der Waals surface area (Å²) in [4.78, 5) is 23.4. The van der Waals surface area contributed by atoms with Gasteiger partial charge in [0.1, 0.15) is 6.34 Å². The third kappa shape index (κ3) is 18.1. The molecular formula is C20H42FN7O2. The zero-order valence-corrected chi connectivity index (χ0v) is 18.4. The van der Waals surface area contributed by atoms with Crippen LogP contribution in [0, 0.1) is 0 Å². The van der Waals surface area contributed by atoms with Crippen molar-refractivity contribution in [3.63, 3.8) is 0 Å². The molecule has 0 rings (SSSR count). The fourth-order valence-electron chi connectivity index (χ4n) is 2.73. The first kappa shape index (κ1) is 28.1. The summed E-state index contributed by atoms with van der Waals surface area (Å²) in [6, 6.07) is 0.181. The van der Waals surface area contributed by atoms with Crippen LogP contribution in [0.25, 0.3) is 0 Å². The molecule has 176 valence electrons. The number of nitrogens with two attached hydrogens (primary N) is 2. The number of amides is 2. The van der Waals surface area contributed by atoms with Gasteiger partial charge in [0.05, 0.1) is 0 Å². The van der Waals surface area contributed by atoms with Crippen LogP contribution < -0.4 is 32.8 Å². The Kier molecular flexibility index (Phi) is 19.0. The molecule has 0 saturated carbocycles. The van der Waals surface area contributed by atoms with Crippen molar-refractivity contribution in [2.45, 2.75) is 76.9 Å². The minimum Gasteiger partial charge on any atom is -0.375 e. The van der Waals surface area contributed by atoms with Gasteiger partial charge in [0, 0.05) is 25.7 Å². The third-order valence-corrected chi connectivity index (χ3v) is 4.53. The number of carbonyl (C=O) groups is 2. The molecule has 0 fully saturated rings. The summed E-state index contributed by atoms with van der Waals surface area (Å²) >= 11 is 0. The van der Waals surface area contributed by atoms with Gasteiger partial charge in [-0.15, -0.1) is 0 Å². The predicted octanol–water partition coefficient (Wildman–Crippen LogP) is 0.496. The van der Waals surface area contributed by atoms with Gasteiger partial charge < -0.3 is 32.8 Å². The van der Waals surface area contributed by atoms with Crippen LogP contribution in [0.1, 0.15) is 64.7 Å². The molecule has 2 unspecified atom stereocenters. The van der Waals surface area contributed by atoms with Crippen LogP contribution in [0.15, 0.2) is 5.10 Å². The number of hydrogen-bond acceptors (Lipinski definition) is 6. The molecule has 30 heavy (non-hydrogen) atoms. The molecule has 9 nitrogen and oxygen atoms in total. The maximum absolute atomic E-state index is 13.9. The minimum absolute atomic E-state index is 0.181. The standard InChI is InChI=1S/C20H42FN7O2/c1-17(22)10-15-24-11-8-9-14-27-20(30)18(21)19(29)26-13-7-5-3-2-4-6-12-25-16-28-23/h16-18,24H,2-15,22-23H2,1H3,(H,25,28)(H,26,29)(H,27,30). The van der Waals surface area contributed by atoms with Crippen molar-refractivity contribution >= 4 is 18.2 Å². The number of alkyl halides is 1. The molecular weight excluding hydrogens is 389 g/mol. The molecule has 0 saturated heterocycles. The largest absolute Gasteiger partial charge is 0.375 e. The van der Waals surface area contributed by atoms with Crippen LogP contribution in [0.3, 0.4) is 0 Å². The van der Waals surface area contributed by atoms with E-state index in [-0.39, 0.29) is 6.04 Å². The van der Waals surface area contributed by atoms with Crippen molar-refractivity contribution in [3.8, 4) is 0 Å². The maximum atomic E-state index is 13.9. The summed E-state index contributed by atoms with van der Waals surface area (Å²) < 4.78 is 13.9. The van der Waals surface area contributed by atoms with Gasteiger partial charge in [-0.1, -0.05) is 25.7 Å². The maximum Gasteiger partial charge on any atom is 0.264 e. The number of unbranched alkanes of at least 4 members (excludes halogenated alkanes) is 6. The summed E-state index contributed by atoms with van der Waals surface area (Å²) in [5, 5.41) is 14.5. The SMILES string of the molecule is CC(N)CCNCCCCNC(=O)C(F)C(=O)NCCCCCCCCNC=NN. The topological polar surface area (TPSA) is 147 Å². The third-order valence-electron chi connectivity index (χ3n) is 4.53. The zero-order chi connectivity index (χ0) is 22.5. The van der Waals surface area contributed by atoms with Gasteiger partial charge >= 0.3 is 0 Å². The Balaban J connectivity index is 3.53. The van der Waals surface area contributed by atoms with E-state index in [0.717, 1.165) is 77.4 Å². The van der Waals surface area contributed by atoms with Gasteiger partial charge in [0.15, 0.2) is 0 Å². The van der Waals surface area contributed by atoms with Crippen molar-refractivity contribution in [3.05, 3.63) is 0 Å². The molecule has 0 bridgehead atoms.